The molecule has 2 aromatic rings. The van der Waals surface area contributed by atoms with Crippen LogP contribution in [0.15, 0.2) is 18.5 Å². The zero-order valence-corrected chi connectivity index (χ0v) is 10.1. The Morgan fingerprint density at radius 1 is 1.47 bits per heavy atom. The lowest BCUT2D eigenvalue weighted by Crippen LogP contribution is -2.15. The fourth-order valence-corrected chi connectivity index (χ4v) is 1.53. The molecule has 0 saturated heterocycles. The Balaban J connectivity index is 2.32. The smallest absolute Gasteiger partial charge is 0.396 e. The molecule has 0 aromatic carbocycles. The molecule has 0 spiro atoms. The van der Waals surface area contributed by atoms with E-state index in [-0.39, 0.29) is 18.0 Å². The van der Waals surface area contributed by atoms with Crippen LogP contribution in [-0.2, 0) is 6.18 Å². The second-order valence-corrected chi connectivity index (χ2v) is 4.30. The first kappa shape index (κ1) is 13.6. The van der Waals surface area contributed by atoms with Crippen LogP contribution < -0.4 is 5.32 Å². The lowest BCUT2D eigenvalue weighted by Gasteiger charge is -2.10. The molecule has 0 bridgehead atoms. The van der Waals surface area contributed by atoms with Crippen molar-refractivity contribution < 1.29 is 18.3 Å². The Morgan fingerprint density at radius 3 is 2.84 bits per heavy atom. The first-order valence-corrected chi connectivity index (χ1v) is 5.68. The van der Waals surface area contributed by atoms with Crippen LogP contribution in [0.5, 0.6) is 0 Å². The summed E-state index contributed by atoms with van der Waals surface area (Å²) in [6, 6.07) is 0.943. The van der Waals surface area contributed by atoms with Crippen molar-refractivity contribution in [2.75, 3.05) is 18.5 Å². The number of fused-ring (bicyclic) bond motifs is 1. The van der Waals surface area contributed by atoms with Crippen LogP contribution in [-0.4, -0.2) is 32.9 Å². The normalized spacial score (nSPS) is 13.7. The van der Waals surface area contributed by atoms with Gasteiger partial charge in [0.1, 0.15) is 5.52 Å². The summed E-state index contributed by atoms with van der Waals surface area (Å²) in [6.45, 7) is 2.21. The van der Waals surface area contributed by atoms with Crippen molar-refractivity contribution in [2.24, 2.45) is 5.92 Å². The average Bonchev–Trinajstić information content (AvgIpc) is 2.80. The third kappa shape index (κ3) is 2.95. The lowest BCUT2D eigenvalue weighted by atomic mass is 10.2. The number of aromatic nitrogens is 3. The van der Waals surface area contributed by atoms with Gasteiger partial charge in [0, 0.05) is 31.6 Å². The van der Waals surface area contributed by atoms with E-state index in [4.69, 9.17) is 5.11 Å². The predicted molar refractivity (Wildman–Crippen MR) is 62.7 cm³/mol. The number of aliphatic hydroxyl groups excluding tert-OH is 1. The van der Waals surface area contributed by atoms with Crippen molar-refractivity contribution in [1.82, 2.24) is 14.6 Å². The third-order valence-corrected chi connectivity index (χ3v) is 2.61. The molecular formula is C11H13F3N4O. The van der Waals surface area contributed by atoms with Crippen molar-refractivity contribution in [2.45, 2.75) is 13.1 Å². The van der Waals surface area contributed by atoms with Gasteiger partial charge in [0.05, 0.1) is 0 Å². The van der Waals surface area contributed by atoms with Crippen molar-refractivity contribution >= 4 is 11.3 Å². The molecule has 104 valence electrons. The molecule has 2 N–H and O–H groups in total. The van der Waals surface area contributed by atoms with Gasteiger partial charge < -0.3 is 10.4 Å². The Kier molecular flexibility index (Phi) is 3.61. The summed E-state index contributed by atoms with van der Waals surface area (Å²) in [4.78, 5) is 3.99. The monoisotopic (exact) mass is 274 g/mol. The van der Waals surface area contributed by atoms with E-state index in [2.05, 4.69) is 15.4 Å². The van der Waals surface area contributed by atoms with Gasteiger partial charge in [0.2, 0.25) is 0 Å². The second kappa shape index (κ2) is 5.04. The number of alkyl halides is 3. The maximum atomic E-state index is 12.6. The summed E-state index contributed by atoms with van der Waals surface area (Å²) < 4.78 is 38.9. The van der Waals surface area contributed by atoms with E-state index in [1.54, 1.807) is 0 Å². The molecule has 19 heavy (non-hydrogen) atoms. The van der Waals surface area contributed by atoms with Crippen LogP contribution >= 0.6 is 0 Å². The van der Waals surface area contributed by atoms with Gasteiger partial charge in [0.25, 0.3) is 0 Å². The van der Waals surface area contributed by atoms with E-state index in [0.717, 1.165) is 10.6 Å². The standard InChI is InChI=1S/C11H13F3N4O/c1-7(6-19)5-16-10-8-4-9(11(12,13)14)17-18(8)3-2-15-10/h2-4,7,19H,5-6H2,1H3,(H,15,16). The van der Waals surface area contributed by atoms with E-state index in [0.29, 0.717) is 12.4 Å². The van der Waals surface area contributed by atoms with Crippen molar-refractivity contribution in [3.05, 3.63) is 24.2 Å². The van der Waals surface area contributed by atoms with E-state index in [1.165, 1.54) is 12.4 Å². The molecule has 8 heteroatoms. The predicted octanol–water partition coefficient (Wildman–Crippen LogP) is 1.79. The lowest BCUT2D eigenvalue weighted by molar-refractivity contribution is -0.141. The molecule has 5 nitrogen and oxygen atoms in total. The number of halogens is 3. The fourth-order valence-electron chi connectivity index (χ4n) is 1.53. The van der Waals surface area contributed by atoms with Crippen molar-refractivity contribution in [1.29, 1.82) is 0 Å². The van der Waals surface area contributed by atoms with E-state index in [1.807, 2.05) is 6.92 Å². The molecule has 0 amide bonds. The SMILES string of the molecule is CC(CO)CNc1nccn2nc(C(F)(F)F)cc12. The van der Waals surface area contributed by atoms with Crippen molar-refractivity contribution in [3.63, 3.8) is 0 Å². The molecule has 1 unspecified atom stereocenters. The molecular weight excluding hydrogens is 261 g/mol. The quantitative estimate of drug-likeness (QED) is 0.892. The number of aliphatic hydroxyl groups is 1. The number of anilines is 1. The minimum Gasteiger partial charge on any atom is -0.396 e. The van der Waals surface area contributed by atoms with E-state index >= 15 is 0 Å². The zero-order valence-electron chi connectivity index (χ0n) is 10.1. The third-order valence-electron chi connectivity index (χ3n) is 2.61. The number of hydrogen-bond acceptors (Lipinski definition) is 4. The number of nitrogens with zero attached hydrogens (tertiary/aromatic N) is 3. The van der Waals surface area contributed by atoms with Gasteiger partial charge >= 0.3 is 6.18 Å². The van der Waals surface area contributed by atoms with Crippen LogP contribution in [0, 0.1) is 5.92 Å². The summed E-state index contributed by atoms with van der Waals surface area (Å²) in [5, 5.41) is 15.3. The van der Waals surface area contributed by atoms with Gasteiger partial charge in [-0.2, -0.15) is 18.3 Å². The highest BCUT2D eigenvalue weighted by atomic mass is 19.4. The van der Waals surface area contributed by atoms with Crippen LogP contribution in [0.1, 0.15) is 12.6 Å². The van der Waals surface area contributed by atoms with E-state index in [9.17, 15) is 13.2 Å². The number of nitrogens with one attached hydrogen (secondary N) is 1. The van der Waals surface area contributed by atoms with Gasteiger partial charge in [-0.3, -0.25) is 0 Å². The first-order valence-electron chi connectivity index (χ1n) is 5.68. The zero-order chi connectivity index (χ0) is 14.0. The minimum atomic E-state index is -4.48. The summed E-state index contributed by atoms with van der Waals surface area (Å²) >= 11 is 0. The van der Waals surface area contributed by atoms with Gasteiger partial charge in [-0.05, 0) is 5.92 Å². The number of hydrogen-bond donors (Lipinski definition) is 2. The molecule has 2 rings (SSSR count). The van der Waals surface area contributed by atoms with Crippen LogP contribution in [0.25, 0.3) is 5.52 Å². The van der Waals surface area contributed by atoms with Crippen LogP contribution in [0.4, 0.5) is 19.0 Å². The maximum Gasteiger partial charge on any atom is 0.435 e. The van der Waals surface area contributed by atoms with E-state index < -0.39 is 11.9 Å². The Hall–Kier alpha value is -1.83. The Labute approximate surface area is 107 Å². The molecule has 0 aliphatic rings. The van der Waals surface area contributed by atoms with Gasteiger partial charge in [-0.25, -0.2) is 9.50 Å². The molecule has 2 heterocycles. The highest BCUT2D eigenvalue weighted by Gasteiger charge is 2.34. The fraction of sp³-hybridized carbons (Fsp3) is 0.455. The molecule has 2 aromatic heterocycles. The molecule has 0 fully saturated rings. The molecule has 1 atom stereocenters. The number of rotatable bonds is 4. The van der Waals surface area contributed by atoms with Crippen LogP contribution in [0.2, 0.25) is 0 Å². The summed E-state index contributed by atoms with van der Waals surface area (Å²) in [6.07, 6.45) is -1.76. The van der Waals surface area contributed by atoms with Gasteiger partial charge in [0.15, 0.2) is 11.5 Å². The molecule has 0 radical (unpaired) electrons. The average molecular weight is 274 g/mol. The molecule has 0 saturated carbocycles. The summed E-state index contributed by atoms with van der Waals surface area (Å²) in [5.74, 6) is 0.290. The summed E-state index contributed by atoms with van der Waals surface area (Å²) in [7, 11) is 0. The first-order chi connectivity index (χ1) is 8.91. The molecule has 0 aliphatic heterocycles. The minimum absolute atomic E-state index is 0.0107. The van der Waals surface area contributed by atoms with Crippen LogP contribution in [0.3, 0.4) is 0 Å². The van der Waals surface area contributed by atoms with Gasteiger partial charge in [-0.1, -0.05) is 6.92 Å². The van der Waals surface area contributed by atoms with Gasteiger partial charge in [-0.15, -0.1) is 0 Å². The highest BCUT2D eigenvalue weighted by Crippen LogP contribution is 2.29. The van der Waals surface area contributed by atoms with Crippen molar-refractivity contribution in [3.8, 4) is 0 Å². The second-order valence-electron chi connectivity index (χ2n) is 4.30. The highest BCUT2D eigenvalue weighted by molar-refractivity contribution is 5.67. The Bertz CT molecular complexity index is 567. The topological polar surface area (TPSA) is 62.5 Å². The largest absolute Gasteiger partial charge is 0.435 e. The molecule has 0 aliphatic carbocycles. The Morgan fingerprint density at radius 2 is 2.21 bits per heavy atom. The summed E-state index contributed by atoms with van der Waals surface area (Å²) in [5.41, 5.74) is -0.710. The maximum absolute atomic E-state index is 12.6.